The van der Waals surface area contributed by atoms with E-state index in [1.165, 1.54) is 36.9 Å². The van der Waals surface area contributed by atoms with Crippen molar-refractivity contribution in [1.82, 2.24) is 15.0 Å². The van der Waals surface area contributed by atoms with E-state index in [1.807, 2.05) is 24.4 Å². The monoisotopic (exact) mass is 294 g/mol. The summed E-state index contributed by atoms with van der Waals surface area (Å²) < 4.78 is 0. The predicted octanol–water partition coefficient (Wildman–Crippen LogP) is 3.26. The van der Waals surface area contributed by atoms with Crippen LogP contribution in [-0.2, 0) is 12.8 Å². The van der Waals surface area contributed by atoms with Gasteiger partial charge < -0.3 is 4.90 Å². The average Bonchev–Trinajstić information content (AvgIpc) is 3.27. The lowest BCUT2D eigenvalue weighted by Crippen LogP contribution is -2.22. The summed E-state index contributed by atoms with van der Waals surface area (Å²) in [6.45, 7) is 1.09. The summed E-state index contributed by atoms with van der Waals surface area (Å²) in [6.07, 6.45) is 9.29. The molecule has 114 valence electrons. The zero-order valence-corrected chi connectivity index (χ0v) is 13.1. The lowest BCUT2D eigenvalue weighted by molar-refractivity contribution is 0.703. The second-order valence-corrected chi connectivity index (χ2v) is 6.52. The molecule has 2 aromatic rings. The Balaban J connectivity index is 1.68. The van der Waals surface area contributed by atoms with Crippen molar-refractivity contribution in [2.45, 2.75) is 38.5 Å². The van der Waals surface area contributed by atoms with Gasteiger partial charge in [0, 0.05) is 31.0 Å². The van der Waals surface area contributed by atoms with Crippen LogP contribution in [0.15, 0.2) is 24.4 Å². The first-order chi connectivity index (χ1) is 10.8. The molecule has 2 aliphatic carbocycles. The first-order valence-corrected chi connectivity index (χ1v) is 8.33. The maximum Gasteiger partial charge on any atom is 0.180 e. The van der Waals surface area contributed by atoms with Gasteiger partial charge >= 0.3 is 0 Å². The van der Waals surface area contributed by atoms with E-state index in [0.29, 0.717) is 0 Å². The largest absolute Gasteiger partial charge is 0.359 e. The summed E-state index contributed by atoms with van der Waals surface area (Å²) in [5.41, 5.74) is 3.45. The minimum atomic E-state index is 0.773. The number of anilines is 1. The van der Waals surface area contributed by atoms with Crippen molar-refractivity contribution < 1.29 is 0 Å². The van der Waals surface area contributed by atoms with Crippen molar-refractivity contribution in [2.75, 3.05) is 18.5 Å². The number of rotatable bonds is 5. The van der Waals surface area contributed by atoms with Crippen LogP contribution in [0.4, 0.5) is 5.82 Å². The molecule has 0 N–H and O–H groups in total. The molecule has 0 amide bonds. The first-order valence-electron chi connectivity index (χ1n) is 8.33. The topological polar surface area (TPSA) is 41.9 Å². The Labute approximate surface area is 131 Å². The standard InChI is InChI=1S/C18H22N4/c1-22(12-10-13-8-9-13)18-14-5-4-7-15(14)20-17(21-18)16-6-2-3-11-19-16/h2-3,6,11,13H,4-5,7-10,12H2,1H3. The van der Waals surface area contributed by atoms with Crippen molar-refractivity contribution in [3.8, 4) is 11.5 Å². The van der Waals surface area contributed by atoms with Crippen LogP contribution >= 0.6 is 0 Å². The summed E-state index contributed by atoms with van der Waals surface area (Å²) in [6, 6.07) is 5.92. The molecule has 1 saturated carbocycles. The molecule has 1 fully saturated rings. The third-order valence-corrected chi connectivity index (χ3v) is 4.74. The minimum Gasteiger partial charge on any atom is -0.359 e. The van der Waals surface area contributed by atoms with Gasteiger partial charge in [0.2, 0.25) is 0 Å². The molecule has 2 aromatic heterocycles. The summed E-state index contributed by atoms with van der Waals surface area (Å²) >= 11 is 0. The third kappa shape index (κ3) is 2.70. The van der Waals surface area contributed by atoms with Gasteiger partial charge in [-0.1, -0.05) is 18.9 Å². The normalized spacial score (nSPS) is 16.6. The number of aromatic nitrogens is 3. The Morgan fingerprint density at radius 2 is 2.09 bits per heavy atom. The number of fused-ring (bicyclic) bond motifs is 1. The second kappa shape index (κ2) is 5.67. The second-order valence-electron chi connectivity index (χ2n) is 6.52. The van der Waals surface area contributed by atoms with Crippen LogP contribution in [0, 0.1) is 5.92 Å². The molecule has 0 aliphatic heterocycles. The average molecular weight is 294 g/mol. The lowest BCUT2D eigenvalue weighted by Gasteiger charge is -2.21. The Morgan fingerprint density at radius 3 is 2.86 bits per heavy atom. The van der Waals surface area contributed by atoms with Crippen molar-refractivity contribution >= 4 is 5.82 Å². The van der Waals surface area contributed by atoms with E-state index in [4.69, 9.17) is 9.97 Å². The van der Waals surface area contributed by atoms with Crippen LogP contribution in [0.25, 0.3) is 11.5 Å². The fourth-order valence-corrected chi connectivity index (χ4v) is 3.23. The highest BCUT2D eigenvalue weighted by Gasteiger charge is 2.25. The minimum absolute atomic E-state index is 0.773. The highest BCUT2D eigenvalue weighted by atomic mass is 15.2. The van der Waals surface area contributed by atoms with Gasteiger partial charge in [-0.25, -0.2) is 9.97 Å². The van der Waals surface area contributed by atoms with Crippen molar-refractivity contribution in [3.63, 3.8) is 0 Å². The molecule has 0 unspecified atom stereocenters. The molecular formula is C18H22N4. The molecule has 4 rings (SSSR count). The molecular weight excluding hydrogens is 272 g/mol. The molecule has 2 aliphatic rings. The number of hydrogen-bond acceptors (Lipinski definition) is 4. The summed E-state index contributed by atoms with van der Waals surface area (Å²) in [4.78, 5) is 16.4. The fraction of sp³-hybridized carbons (Fsp3) is 0.500. The summed E-state index contributed by atoms with van der Waals surface area (Å²) in [5.74, 6) is 2.85. The number of aryl methyl sites for hydroxylation is 1. The smallest absolute Gasteiger partial charge is 0.180 e. The van der Waals surface area contributed by atoms with E-state index in [2.05, 4.69) is 16.9 Å². The van der Waals surface area contributed by atoms with E-state index in [9.17, 15) is 0 Å². The van der Waals surface area contributed by atoms with Gasteiger partial charge in [0.05, 0.1) is 0 Å². The first kappa shape index (κ1) is 13.7. The molecule has 0 spiro atoms. The molecule has 0 saturated heterocycles. The van der Waals surface area contributed by atoms with Crippen LogP contribution in [0.3, 0.4) is 0 Å². The van der Waals surface area contributed by atoms with Gasteiger partial charge in [-0.3, -0.25) is 4.98 Å². The molecule has 4 nitrogen and oxygen atoms in total. The van der Waals surface area contributed by atoms with Crippen molar-refractivity contribution in [1.29, 1.82) is 0 Å². The van der Waals surface area contributed by atoms with E-state index in [-0.39, 0.29) is 0 Å². The van der Waals surface area contributed by atoms with Gasteiger partial charge in [-0.05, 0) is 43.7 Å². The Morgan fingerprint density at radius 1 is 1.18 bits per heavy atom. The molecule has 2 heterocycles. The van der Waals surface area contributed by atoms with E-state index >= 15 is 0 Å². The number of nitrogens with zero attached hydrogens (tertiary/aromatic N) is 4. The van der Waals surface area contributed by atoms with Gasteiger partial charge in [-0.2, -0.15) is 0 Å². The van der Waals surface area contributed by atoms with Crippen LogP contribution in [0.5, 0.6) is 0 Å². The molecule has 0 aromatic carbocycles. The molecule has 22 heavy (non-hydrogen) atoms. The predicted molar refractivity (Wildman–Crippen MR) is 87.9 cm³/mol. The summed E-state index contributed by atoms with van der Waals surface area (Å²) in [7, 11) is 2.17. The molecule has 4 heteroatoms. The summed E-state index contributed by atoms with van der Waals surface area (Å²) in [5, 5.41) is 0. The lowest BCUT2D eigenvalue weighted by atomic mass is 10.2. The number of pyridine rings is 1. The van der Waals surface area contributed by atoms with Gasteiger partial charge in [0.1, 0.15) is 11.5 Å². The zero-order chi connectivity index (χ0) is 14.9. The third-order valence-electron chi connectivity index (χ3n) is 4.74. The van der Waals surface area contributed by atoms with Gasteiger partial charge in [-0.15, -0.1) is 0 Å². The Hall–Kier alpha value is -1.97. The van der Waals surface area contributed by atoms with Crippen LogP contribution in [-0.4, -0.2) is 28.5 Å². The van der Waals surface area contributed by atoms with Crippen molar-refractivity contribution in [3.05, 3.63) is 35.7 Å². The van der Waals surface area contributed by atoms with Crippen LogP contribution in [0.1, 0.15) is 36.9 Å². The van der Waals surface area contributed by atoms with Gasteiger partial charge in [0.25, 0.3) is 0 Å². The Kier molecular flexibility index (Phi) is 3.53. The van der Waals surface area contributed by atoms with Crippen LogP contribution < -0.4 is 4.90 Å². The fourth-order valence-electron chi connectivity index (χ4n) is 3.23. The van der Waals surface area contributed by atoms with Crippen molar-refractivity contribution in [2.24, 2.45) is 5.92 Å². The maximum absolute atomic E-state index is 4.87. The zero-order valence-electron chi connectivity index (χ0n) is 13.1. The van der Waals surface area contributed by atoms with E-state index in [0.717, 1.165) is 42.6 Å². The van der Waals surface area contributed by atoms with E-state index < -0.39 is 0 Å². The molecule has 0 radical (unpaired) electrons. The van der Waals surface area contributed by atoms with Crippen LogP contribution in [0.2, 0.25) is 0 Å². The SMILES string of the molecule is CN(CCC1CC1)c1nc(-c2ccccn2)nc2c1CCC2. The maximum atomic E-state index is 4.87. The number of hydrogen-bond donors (Lipinski definition) is 0. The quantitative estimate of drug-likeness (QED) is 0.849. The highest BCUT2D eigenvalue weighted by Crippen LogP contribution is 2.34. The van der Waals surface area contributed by atoms with E-state index in [1.54, 1.807) is 0 Å². The molecule has 0 atom stereocenters. The molecule has 0 bridgehead atoms. The van der Waals surface area contributed by atoms with Gasteiger partial charge in [0.15, 0.2) is 5.82 Å². The highest BCUT2D eigenvalue weighted by molar-refractivity contribution is 5.58. The Bertz CT molecular complexity index is 664.